The average Bonchev–Trinajstić information content (AvgIpc) is 2.47. The van der Waals surface area contributed by atoms with E-state index in [9.17, 15) is 4.79 Å². The third-order valence-electron chi connectivity index (χ3n) is 3.34. The molecule has 2 unspecified atom stereocenters. The minimum absolute atomic E-state index is 0.240. The van der Waals surface area contributed by atoms with Gasteiger partial charge in [-0.1, -0.05) is 6.07 Å². The second-order valence-electron chi connectivity index (χ2n) is 4.58. The number of nitrogens with one attached hydrogen (secondary N) is 1. The van der Waals surface area contributed by atoms with Gasteiger partial charge in [0.25, 0.3) is 0 Å². The van der Waals surface area contributed by atoms with Gasteiger partial charge in [-0.2, -0.15) is 0 Å². The van der Waals surface area contributed by atoms with E-state index in [0.29, 0.717) is 11.8 Å². The van der Waals surface area contributed by atoms with Crippen molar-refractivity contribution in [2.45, 2.75) is 31.9 Å². The molecule has 1 N–H and O–H groups in total. The molecule has 104 valence electrons. The number of carbonyl (C=O) groups is 1. The van der Waals surface area contributed by atoms with Gasteiger partial charge in [0.05, 0.1) is 13.2 Å². The van der Waals surface area contributed by atoms with Crippen molar-refractivity contribution < 1.29 is 14.3 Å². The van der Waals surface area contributed by atoms with Gasteiger partial charge in [-0.05, 0) is 37.9 Å². The Bertz CT molecular complexity index is 417. The van der Waals surface area contributed by atoms with E-state index in [2.05, 4.69) is 15.0 Å². The molecule has 1 fully saturated rings. The Balaban J connectivity index is 2.03. The zero-order chi connectivity index (χ0) is 13.7. The Kier molecular flexibility index (Phi) is 4.87. The van der Waals surface area contributed by atoms with Crippen LogP contribution in [0.4, 0.5) is 0 Å². The Morgan fingerprint density at radius 3 is 3.00 bits per heavy atom. The van der Waals surface area contributed by atoms with Gasteiger partial charge in [0.2, 0.25) is 0 Å². The number of pyridine rings is 1. The minimum Gasteiger partial charge on any atom is -0.464 e. The van der Waals surface area contributed by atoms with Crippen LogP contribution in [0.3, 0.4) is 0 Å². The number of piperidine rings is 1. The van der Waals surface area contributed by atoms with Crippen molar-refractivity contribution in [1.29, 1.82) is 0 Å². The second-order valence-corrected chi connectivity index (χ2v) is 4.58. The molecule has 0 bridgehead atoms. The third-order valence-corrected chi connectivity index (χ3v) is 3.34. The van der Waals surface area contributed by atoms with Gasteiger partial charge < -0.3 is 14.8 Å². The number of ether oxygens (including phenoxy) is 2. The van der Waals surface area contributed by atoms with Crippen molar-refractivity contribution in [3.05, 3.63) is 29.6 Å². The first-order chi connectivity index (χ1) is 9.24. The van der Waals surface area contributed by atoms with Crippen LogP contribution in [0.15, 0.2) is 18.3 Å². The summed E-state index contributed by atoms with van der Waals surface area (Å²) in [6.07, 6.45) is 4.01. The fraction of sp³-hybridized carbons (Fsp3) is 0.571. The molecule has 2 atom stereocenters. The molecule has 0 saturated carbocycles. The van der Waals surface area contributed by atoms with Gasteiger partial charge in [0.1, 0.15) is 5.69 Å². The summed E-state index contributed by atoms with van der Waals surface area (Å²) in [7, 11) is 1.35. The van der Waals surface area contributed by atoms with Crippen LogP contribution in [0, 0.1) is 0 Å². The Morgan fingerprint density at radius 1 is 1.53 bits per heavy atom. The van der Waals surface area contributed by atoms with Crippen LogP contribution in [0.1, 0.15) is 41.9 Å². The number of hydrogen-bond donors (Lipinski definition) is 1. The summed E-state index contributed by atoms with van der Waals surface area (Å²) in [5.74, 6) is -0.407. The molecule has 5 nitrogen and oxygen atoms in total. The molecule has 0 amide bonds. The molecule has 1 aromatic rings. The monoisotopic (exact) mass is 264 g/mol. The van der Waals surface area contributed by atoms with Crippen LogP contribution in [-0.4, -0.2) is 37.3 Å². The summed E-state index contributed by atoms with van der Waals surface area (Å²) in [6, 6.07) is 3.86. The van der Waals surface area contributed by atoms with Crippen molar-refractivity contribution in [2.75, 3.05) is 20.3 Å². The third kappa shape index (κ3) is 3.52. The van der Waals surface area contributed by atoms with E-state index in [-0.39, 0.29) is 6.04 Å². The average molecular weight is 264 g/mol. The highest BCUT2D eigenvalue weighted by molar-refractivity contribution is 5.86. The van der Waals surface area contributed by atoms with Crippen molar-refractivity contribution in [1.82, 2.24) is 10.3 Å². The lowest BCUT2D eigenvalue weighted by Crippen LogP contribution is -2.35. The number of hydrogen-bond acceptors (Lipinski definition) is 5. The van der Waals surface area contributed by atoms with Gasteiger partial charge in [0.15, 0.2) is 0 Å². The molecule has 1 saturated heterocycles. The minimum atomic E-state index is -0.407. The molecule has 0 radical (unpaired) electrons. The Hall–Kier alpha value is -1.46. The summed E-state index contributed by atoms with van der Waals surface area (Å²) >= 11 is 0. The number of aromatic nitrogens is 1. The largest absolute Gasteiger partial charge is 0.464 e. The van der Waals surface area contributed by atoms with E-state index < -0.39 is 5.97 Å². The fourth-order valence-electron chi connectivity index (χ4n) is 2.36. The molecule has 0 spiro atoms. The maximum Gasteiger partial charge on any atom is 0.356 e. The van der Waals surface area contributed by atoms with Gasteiger partial charge in [-0.25, -0.2) is 9.78 Å². The normalized spacial score (nSPS) is 23.1. The molecule has 1 aliphatic rings. The van der Waals surface area contributed by atoms with Crippen LogP contribution < -0.4 is 5.32 Å². The smallest absolute Gasteiger partial charge is 0.356 e. The van der Waals surface area contributed by atoms with E-state index >= 15 is 0 Å². The van der Waals surface area contributed by atoms with E-state index in [1.807, 2.05) is 13.0 Å². The second kappa shape index (κ2) is 6.63. The Labute approximate surface area is 113 Å². The maximum absolute atomic E-state index is 11.3. The summed E-state index contributed by atoms with van der Waals surface area (Å²) in [5.41, 5.74) is 1.42. The van der Waals surface area contributed by atoms with Crippen LogP contribution in [-0.2, 0) is 9.47 Å². The highest BCUT2D eigenvalue weighted by Crippen LogP contribution is 2.24. The number of rotatable bonds is 4. The molecule has 2 heterocycles. The molecule has 19 heavy (non-hydrogen) atoms. The number of esters is 1. The zero-order valence-corrected chi connectivity index (χ0v) is 11.4. The molecule has 2 rings (SSSR count). The molecular formula is C14H20N2O3. The molecule has 0 aliphatic carbocycles. The van der Waals surface area contributed by atoms with Crippen LogP contribution in [0.2, 0.25) is 0 Å². The molecule has 1 aliphatic heterocycles. The number of methoxy groups -OCH3 is 1. The van der Waals surface area contributed by atoms with Gasteiger partial charge in [-0.15, -0.1) is 0 Å². The fourth-order valence-corrected chi connectivity index (χ4v) is 2.36. The van der Waals surface area contributed by atoms with Gasteiger partial charge in [0, 0.05) is 18.8 Å². The van der Waals surface area contributed by atoms with Crippen molar-refractivity contribution in [3.63, 3.8) is 0 Å². The van der Waals surface area contributed by atoms with E-state index in [1.165, 1.54) is 7.11 Å². The predicted octanol–water partition coefficient (Wildman–Crippen LogP) is 1.70. The molecule has 1 aromatic heterocycles. The number of carbonyl (C=O) groups excluding carboxylic acids is 1. The predicted molar refractivity (Wildman–Crippen MR) is 71.0 cm³/mol. The van der Waals surface area contributed by atoms with Crippen molar-refractivity contribution >= 4 is 5.97 Å². The highest BCUT2D eigenvalue weighted by Gasteiger charge is 2.23. The lowest BCUT2D eigenvalue weighted by Gasteiger charge is -2.30. The van der Waals surface area contributed by atoms with Crippen molar-refractivity contribution in [2.24, 2.45) is 0 Å². The lowest BCUT2D eigenvalue weighted by molar-refractivity contribution is 0.0296. The summed E-state index contributed by atoms with van der Waals surface area (Å²) in [4.78, 5) is 15.5. The van der Waals surface area contributed by atoms with E-state index in [4.69, 9.17) is 4.74 Å². The van der Waals surface area contributed by atoms with Crippen molar-refractivity contribution in [3.8, 4) is 0 Å². The number of nitrogens with zero attached hydrogens (tertiary/aromatic N) is 1. The van der Waals surface area contributed by atoms with Crippen LogP contribution in [0.5, 0.6) is 0 Å². The zero-order valence-electron chi connectivity index (χ0n) is 11.4. The van der Waals surface area contributed by atoms with E-state index in [1.54, 1.807) is 12.3 Å². The quantitative estimate of drug-likeness (QED) is 0.839. The lowest BCUT2D eigenvalue weighted by atomic mass is 9.96. The topological polar surface area (TPSA) is 60.5 Å². The first-order valence-corrected chi connectivity index (χ1v) is 6.63. The summed E-state index contributed by atoms with van der Waals surface area (Å²) in [6.45, 7) is 3.70. The first kappa shape index (κ1) is 14.0. The molecule has 0 aromatic carbocycles. The van der Waals surface area contributed by atoms with Crippen LogP contribution >= 0.6 is 0 Å². The SMILES string of the molecule is CCOC1CCNC(c2ccc(C(=O)OC)nc2)C1. The van der Waals surface area contributed by atoms with Gasteiger partial charge in [-0.3, -0.25) is 0 Å². The standard InChI is InChI=1S/C14H20N2O3/c1-3-19-11-6-7-15-13(8-11)10-4-5-12(16-9-10)14(17)18-2/h4-5,9,11,13,15H,3,6-8H2,1-2H3. The summed E-state index contributed by atoms with van der Waals surface area (Å²) < 4.78 is 10.3. The molecule has 5 heteroatoms. The Morgan fingerprint density at radius 2 is 2.37 bits per heavy atom. The first-order valence-electron chi connectivity index (χ1n) is 6.63. The van der Waals surface area contributed by atoms with Crippen LogP contribution in [0.25, 0.3) is 0 Å². The maximum atomic E-state index is 11.3. The van der Waals surface area contributed by atoms with Gasteiger partial charge >= 0.3 is 5.97 Å². The highest BCUT2D eigenvalue weighted by atomic mass is 16.5. The van der Waals surface area contributed by atoms with E-state index in [0.717, 1.165) is 31.6 Å². The molecular weight excluding hydrogens is 244 g/mol. The summed E-state index contributed by atoms with van der Waals surface area (Å²) in [5, 5.41) is 3.45.